The molecular formula is C26H26FN3O2. The zero-order chi connectivity index (χ0) is 22.2. The number of hydrogen-bond acceptors (Lipinski definition) is 3. The van der Waals surface area contributed by atoms with Gasteiger partial charge < -0.3 is 14.2 Å². The van der Waals surface area contributed by atoms with Crippen LogP contribution in [0.5, 0.6) is 5.75 Å². The molecule has 2 aliphatic rings. The molecule has 0 unspecified atom stereocenters. The van der Waals surface area contributed by atoms with Gasteiger partial charge in [0.15, 0.2) is 0 Å². The third-order valence-electron chi connectivity index (χ3n) is 6.50. The van der Waals surface area contributed by atoms with Crippen molar-refractivity contribution in [2.75, 3.05) is 7.11 Å². The molecule has 3 aromatic rings. The lowest BCUT2D eigenvalue weighted by molar-refractivity contribution is -0.130. The van der Waals surface area contributed by atoms with Crippen LogP contribution in [-0.4, -0.2) is 33.5 Å². The normalized spacial score (nSPS) is 21.8. The summed E-state index contributed by atoms with van der Waals surface area (Å²) in [6.45, 7) is 1.95. The zero-order valence-electron chi connectivity index (χ0n) is 18.3. The number of halogens is 1. The van der Waals surface area contributed by atoms with Gasteiger partial charge in [-0.3, -0.25) is 4.79 Å². The Bertz CT molecular complexity index is 1180. The van der Waals surface area contributed by atoms with Crippen molar-refractivity contribution in [3.05, 3.63) is 83.2 Å². The number of carbonyl (C=O) groups is 1. The first-order valence-electron chi connectivity index (χ1n) is 11.0. The maximum Gasteiger partial charge on any atom is 0.250 e. The summed E-state index contributed by atoms with van der Waals surface area (Å²) in [5.74, 6) is 0.555. The van der Waals surface area contributed by atoms with E-state index in [-0.39, 0.29) is 23.8 Å². The summed E-state index contributed by atoms with van der Waals surface area (Å²) >= 11 is 0. The lowest BCUT2D eigenvalue weighted by Crippen LogP contribution is -2.39. The molecule has 6 heteroatoms. The fraction of sp³-hybridized carbons (Fsp3) is 0.308. The Balaban J connectivity index is 1.43. The number of ether oxygens (including phenoxy) is 1. The van der Waals surface area contributed by atoms with Crippen LogP contribution in [0.15, 0.2) is 60.6 Å². The van der Waals surface area contributed by atoms with E-state index < -0.39 is 0 Å². The average molecular weight is 432 g/mol. The molecule has 164 valence electrons. The van der Waals surface area contributed by atoms with E-state index in [1.807, 2.05) is 46.9 Å². The van der Waals surface area contributed by atoms with Gasteiger partial charge in [0.1, 0.15) is 11.6 Å². The predicted octanol–water partition coefficient (Wildman–Crippen LogP) is 5.24. The second-order valence-corrected chi connectivity index (χ2v) is 8.59. The van der Waals surface area contributed by atoms with E-state index in [0.717, 1.165) is 59.5 Å². The zero-order valence-corrected chi connectivity index (χ0v) is 18.3. The molecule has 0 N–H and O–H groups in total. The first kappa shape index (κ1) is 20.5. The molecule has 5 nitrogen and oxygen atoms in total. The largest absolute Gasteiger partial charge is 0.495 e. The first-order valence-corrected chi connectivity index (χ1v) is 11.0. The number of benzene rings is 2. The summed E-state index contributed by atoms with van der Waals surface area (Å²) < 4.78 is 20.9. The summed E-state index contributed by atoms with van der Waals surface area (Å²) in [7, 11) is 1.65. The minimum Gasteiger partial charge on any atom is -0.495 e. The number of aromatic nitrogens is 2. The number of carbonyl (C=O) groups excluding carboxylic acids is 1. The summed E-state index contributed by atoms with van der Waals surface area (Å²) in [6.07, 6.45) is 9.41. The smallest absolute Gasteiger partial charge is 0.250 e. The predicted molar refractivity (Wildman–Crippen MR) is 121 cm³/mol. The fourth-order valence-electron chi connectivity index (χ4n) is 4.98. The van der Waals surface area contributed by atoms with Crippen LogP contribution < -0.4 is 4.74 Å². The molecule has 0 bridgehead atoms. The van der Waals surface area contributed by atoms with Crippen LogP contribution >= 0.6 is 0 Å². The molecule has 2 atom stereocenters. The van der Waals surface area contributed by atoms with Gasteiger partial charge in [0.25, 0.3) is 5.91 Å². The van der Waals surface area contributed by atoms with Crippen molar-refractivity contribution >= 4 is 12.0 Å². The van der Waals surface area contributed by atoms with Crippen LogP contribution in [0.1, 0.15) is 48.5 Å². The lowest BCUT2D eigenvalue weighted by Gasteiger charge is -2.37. The van der Waals surface area contributed by atoms with E-state index in [4.69, 9.17) is 4.74 Å². The van der Waals surface area contributed by atoms with Gasteiger partial charge in [0.05, 0.1) is 30.9 Å². The van der Waals surface area contributed by atoms with Crippen molar-refractivity contribution in [3.8, 4) is 11.4 Å². The third-order valence-corrected chi connectivity index (χ3v) is 6.50. The Morgan fingerprint density at radius 2 is 1.97 bits per heavy atom. The maximum atomic E-state index is 13.4. The van der Waals surface area contributed by atoms with E-state index in [2.05, 4.69) is 4.98 Å². The molecule has 2 aliphatic heterocycles. The fourth-order valence-corrected chi connectivity index (χ4v) is 4.98. The topological polar surface area (TPSA) is 47.4 Å². The molecule has 1 aromatic heterocycles. The van der Waals surface area contributed by atoms with Crippen molar-refractivity contribution in [1.29, 1.82) is 0 Å². The Hall–Kier alpha value is -3.41. The highest BCUT2D eigenvalue weighted by atomic mass is 19.1. The molecule has 5 rings (SSSR count). The molecule has 32 heavy (non-hydrogen) atoms. The van der Waals surface area contributed by atoms with Gasteiger partial charge in [-0.25, -0.2) is 9.37 Å². The monoisotopic (exact) mass is 431 g/mol. The van der Waals surface area contributed by atoms with E-state index in [9.17, 15) is 9.18 Å². The SMILES string of the molecule is COc1cc(/C=C2\C[C@H]3CCC[C@@H](c4ccc(F)cc4)N3C2=O)ccc1-n1cnc(C)c1. The molecule has 0 aliphatic carbocycles. The molecule has 1 amide bonds. The summed E-state index contributed by atoms with van der Waals surface area (Å²) in [5.41, 5.74) is 4.59. The van der Waals surface area contributed by atoms with E-state index >= 15 is 0 Å². The van der Waals surface area contributed by atoms with E-state index in [1.165, 1.54) is 12.1 Å². The maximum absolute atomic E-state index is 13.4. The number of aryl methyl sites for hydroxylation is 1. The standard InChI is InChI=1S/C26H26FN3O2/c1-17-15-29(16-28-17)24-11-6-18(13-25(24)32-2)12-20-14-22-4-3-5-23(30(22)26(20)31)19-7-9-21(27)10-8-19/h6-13,15-16,22-23H,3-5,14H2,1-2H3/b20-12+/t22-,23+/m1/s1. The molecule has 2 saturated heterocycles. The summed E-state index contributed by atoms with van der Waals surface area (Å²) in [5, 5.41) is 0. The van der Waals surface area contributed by atoms with Gasteiger partial charge in [-0.05, 0) is 74.1 Å². The third kappa shape index (κ3) is 3.70. The van der Waals surface area contributed by atoms with Crippen molar-refractivity contribution in [2.24, 2.45) is 0 Å². The highest BCUT2D eigenvalue weighted by Crippen LogP contribution is 2.42. The number of methoxy groups -OCH3 is 1. The number of piperidine rings is 1. The van der Waals surface area contributed by atoms with Crippen LogP contribution in [-0.2, 0) is 4.79 Å². The van der Waals surface area contributed by atoms with Crippen LogP contribution in [0.3, 0.4) is 0 Å². The van der Waals surface area contributed by atoms with Crippen molar-refractivity contribution in [3.63, 3.8) is 0 Å². The Morgan fingerprint density at radius 3 is 2.69 bits per heavy atom. The van der Waals surface area contributed by atoms with Crippen LogP contribution in [0.2, 0.25) is 0 Å². The van der Waals surface area contributed by atoms with Gasteiger partial charge in [-0.15, -0.1) is 0 Å². The molecule has 3 heterocycles. The first-order chi connectivity index (χ1) is 15.5. The highest BCUT2D eigenvalue weighted by Gasteiger charge is 2.42. The number of nitrogens with zero attached hydrogens (tertiary/aromatic N) is 3. The van der Waals surface area contributed by atoms with Crippen LogP contribution in [0, 0.1) is 12.7 Å². The van der Waals surface area contributed by atoms with Gasteiger partial charge in [0, 0.05) is 17.8 Å². The molecular weight excluding hydrogens is 405 g/mol. The van der Waals surface area contributed by atoms with Crippen molar-refractivity contribution < 1.29 is 13.9 Å². The van der Waals surface area contributed by atoms with Gasteiger partial charge >= 0.3 is 0 Å². The van der Waals surface area contributed by atoms with E-state index in [0.29, 0.717) is 0 Å². The van der Waals surface area contributed by atoms with Gasteiger partial charge in [0.2, 0.25) is 0 Å². The second-order valence-electron chi connectivity index (χ2n) is 8.59. The second kappa shape index (κ2) is 8.26. The Morgan fingerprint density at radius 1 is 1.16 bits per heavy atom. The molecule has 0 saturated carbocycles. The van der Waals surface area contributed by atoms with Gasteiger partial charge in [-0.1, -0.05) is 18.2 Å². The number of rotatable bonds is 4. The number of fused-ring (bicyclic) bond motifs is 1. The van der Waals surface area contributed by atoms with E-state index in [1.54, 1.807) is 25.6 Å². The Kier molecular flexibility index (Phi) is 5.29. The highest BCUT2D eigenvalue weighted by molar-refractivity contribution is 6.00. The van der Waals surface area contributed by atoms with Gasteiger partial charge in [-0.2, -0.15) is 0 Å². The number of imidazole rings is 1. The number of amides is 1. The van der Waals surface area contributed by atoms with Crippen molar-refractivity contribution in [1.82, 2.24) is 14.5 Å². The lowest BCUT2D eigenvalue weighted by atomic mass is 9.91. The minimum atomic E-state index is -0.252. The quantitative estimate of drug-likeness (QED) is 0.531. The van der Waals surface area contributed by atoms with Crippen molar-refractivity contribution in [2.45, 2.75) is 44.7 Å². The Labute approximate surface area is 187 Å². The minimum absolute atomic E-state index is 0.00847. The summed E-state index contributed by atoms with van der Waals surface area (Å²) in [4.78, 5) is 19.7. The molecule has 2 fully saturated rings. The average Bonchev–Trinajstić information content (AvgIpc) is 3.37. The molecule has 0 radical (unpaired) electrons. The number of hydrogen-bond donors (Lipinski definition) is 0. The van der Waals surface area contributed by atoms with Crippen LogP contribution in [0.4, 0.5) is 4.39 Å². The molecule has 2 aromatic carbocycles. The molecule has 0 spiro atoms. The summed E-state index contributed by atoms with van der Waals surface area (Å²) in [6, 6.07) is 12.7. The van der Waals surface area contributed by atoms with Crippen LogP contribution in [0.25, 0.3) is 11.8 Å².